The van der Waals surface area contributed by atoms with Crippen molar-refractivity contribution in [3.8, 4) is 5.75 Å². The molecule has 0 aromatic heterocycles. The lowest BCUT2D eigenvalue weighted by Crippen LogP contribution is -2.30. The molecule has 2 aromatic rings. The van der Waals surface area contributed by atoms with Crippen molar-refractivity contribution in [1.29, 1.82) is 0 Å². The van der Waals surface area contributed by atoms with Gasteiger partial charge in [-0.1, -0.05) is 23.7 Å². The molecule has 0 aliphatic carbocycles. The zero-order chi connectivity index (χ0) is 17.8. The number of halogens is 1. The van der Waals surface area contributed by atoms with Gasteiger partial charge in [-0.2, -0.15) is 0 Å². The summed E-state index contributed by atoms with van der Waals surface area (Å²) in [5.74, 6) is -0.438. The number of rotatable bonds is 5. The van der Waals surface area contributed by atoms with Gasteiger partial charge >= 0.3 is 0 Å². The highest BCUT2D eigenvalue weighted by atomic mass is 35.5. The average molecular weight is 359 g/mol. The molecule has 0 radical (unpaired) electrons. The van der Waals surface area contributed by atoms with Crippen molar-refractivity contribution in [2.75, 3.05) is 16.8 Å². The second kappa shape index (κ2) is 7.36. The van der Waals surface area contributed by atoms with Crippen LogP contribution >= 0.6 is 11.6 Å². The Kier molecular flexibility index (Phi) is 5.00. The van der Waals surface area contributed by atoms with Gasteiger partial charge in [0, 0.05) is 17.9 Å². The van der Waals surface area contributed by atoms with Gasteiger partial charge in [-0.25, -0.2) is 4.90 Å². The van der Waals surface area contributed by atoms with E-state index in [2.05, 4.69) is 5.32 Å². The standard InChI is InChI=1S/C18H15ClN2O4/c19-12-5-7-13(8-6-12)25-11-16(22)20-14-3-1-2-4-15(14)21-17(23)9-10-18(21)24/h1-8H,9-11H2,(H,20,22). The zero-order valence-corrected chi connectivity index (χ0v) is 14.0. The largest absolute Gasteiger partial charge is 0.484 e. The lowest BCUT2D eigenvalue weighted by Gasteiger charge is -2.18. The number of nitrogens with zero attached hydrogens (tertiary/aromatic N) is 1. The van der Waals surface area contributed by atoms with Crippen molar-refractivity contribution in [3.63, 3.8) is 0 Å². The highest BCUT2D eigenvalue weighted by Gasteiger charge is 2.31. The van der Waals surface area contributed by atoms with Gasteiger partial charge in [-0.3, -0.25) is 14.4 Å². The van der Waals surface area contributed by atoms with E-state index in [9.17, 15) is 14.4 Å². The summed E-state index contributed by atoms with van der Waals surface area (Å²) in [4.78, 5) is 37.1. The number of hydrogen-bond acceptors (Lipinski definition) is 4. The van der Waals surface area contributed by atoms with Gasteiger partial charge in [0.25, 0.3) is 5.91 Å². The summed E-state index contributed by atoms with van der Waals surface area (Å²) >= 11 is 5.79. The van der Waals surface area contributed by atoms with Crippen LogP contribution in [0.4, 0.5) is 11.4 Å². The van der Waals surface area contributed by atoms with E-state index in [0.717, 1.165) is 4.90 Å². The molecule has 1 N–H and O–H groups in total. The van der Waals surface area contributed by atoms with Crippen LogP contribution in [-0.4, -0.2) is 24.3 Å². The number of para-hydroxylation sites is 2. The third-order valence-corrected chi connectivity index (χ3v) is 3.91. The van der Waals surface area contributed by atoms with Gasteiger partial charge in [-0.15, -0.1) is 0 Å². The number of carbonyl (C=O) groups excluding carboxylic acids is 3. The fourth-order valence-electron chi connectivity index (χ4n) is 2.49. The molecule has 1 saturated heterocycles. The third-order valence-electron chi connectivity index (χ3n) is 3.65. The average Bonchev–Trinajstić information content (AvgIpc) is 2.94. The summed E-state index contributed by atoms with van der Waals surface area (Å²) < 4.78 is 5.38. The predicted octanol–water partition coefficient (Wildman–Crippen LogP) is 3.01. The fourth-order valence-corrected chi connectivity index (χ4v) is 2.61. The van der Waals surface area contributed by atoms with E-state index in [1.54, 1.807) is 48.5 Å². The second-order valence-electron chi connectivity index (χ2n) is 5.43. The van der Waals surface area contributed by atoms with Crippen molar-refractivity contribution >= 4 is 40.7 Å². The minimum absolute atomic E-state index is 0.181. The van der Waals surface area contributed by atoms with Crippen LogP contribution in [0.25, 0.3) is 0 Å². The Morgan fingerprint density at radius 2 is 1.68 bits per heavy atom. The first kappa shape index (κ1) is 17.0. The Morgan fingerprint density at radius 1 is 1.04 bits per heavy atom. The van der Waals surface area contributed by atoms with E-state index >= 15 is 0 Å². The van der Waals surface area contributed by atoms with Gasteiger partial charge in [0.1, 0.15) is 5.75 Å². The van der Waals surface area contributed by atoms with Gasteiger partial charge in [-0.05, 0) is 36.4 Å². The molecular weight excluding hydrogens is 344 g/mol. The number of anilines is 2. The minimum atomic E-state index is -0.401. The fraction of sp³-hybridized carbons (Fsp3) is 0.167. The van der Waals surface area contributed by atoms with Crippen LogP contribution in [0.1, 0.15) is 12.8 Å². The van der Waals surface area contributed by atoms with Gasteiger partial charge in [0.15, 0.2) is 6.61 Å². The molecule has 3 rings (SSSR count). The molecule has 0 saturated carbocycles. The summed E-state index contributed by atoms with van der Waals surface area (Å²) in [5.41, 5.74) is 0.755. The quantitative estimate of drug-likeness (QED) is 0.834. The summed E-state index contributed by atoms with van der Waals surface area (Å²) in [6, 6.07) is 13.3. The smallest absolute Gasteiger partial charge is 0.262 e. The normalized spacial score (nSPS) is 13.9. The van der Waals surface area contributed by atoms with Gasteiger partial charge < -0.3 is 10.1 Å². The molecule has 6 nitrogen and oxygen atoms in total. The van der Waals surface area contributed by atoms with Gasteiger partial charge in [0.2, 0.25) is 11.8 Å². The number of hydrogen-bond donors (Lipinski definition) is 1. The third kappa shape index (κ3) is 3.97. The number of amides is 3. The maximum Gasteiger partial charge on any atom is 0.262 e. The molecule has 3 amide bonds. The van der Waals surface area contributed by atoms with E-state index in [-0.39, 0.29) is 31.3 Å². The number of benzene rings is 2. The second-order valence-corrected chi connectivity index (χ2v) is 5.87. The van der Waals surface area contributed by atoms with Crippen molar-refractivity contribution < 1.29 is 19.1 Å². The van der Waals surface area contributed by atoms with E-state index < -0.39 is 5.91 Å². The Balaban J connectivity index is 1.68. The number of carbonyl (C=O) groups is 3. The maximum absolute atomic E-state index is 12.1. The van der Waals surface area contributed by atoms with Crippen LogP contribution in [0.5, 0.6) is 5.75 Å². The zero-order valence-electron chi connectivity index (χ0n) is 13.2. The topological polar surface area (TPSA) is 75.7 Å². The monoisotopic (exact) mass is 358 g/mol. The predicted molar refractivity (Wildman–Crippen MR) is 93.7 cm³/mol. The molecule has 1 aliphatic rings. The Bertz CT molecular complexity index is 804. The molecule has 0 bridgehead atoms. The molecule has 1 heterocycles. The Morgan fingerprint density at radius 3 is 2.36 bits per heavy atom. The van der Waals surface area contributed by atoms with E-state index in [1.807, 2.05) is 0 Å². The molecule has 7 heteroatoms. The number of ether oxygens (including phenoxy) is 1. The van der Waals surface area contributed by atoms with E-state index in [4.69, 9.17) is 16.3 Å². The molecule has 1 fully saturated rings. The molecule has 0 unspecified atom stereocenters. The molecule has 0 spiro atoms. The maximum atomic E-state index is 12.1. The van der Waals surface area contributed by atoms with Crippen molar-refractivity contribution in [3.05, 3.63) is 53.6 Å². The van der Waals surface area contributed by atoms with E-state index in [1.165, 1.54) is 0 Å². The molecule has 25 heavy (non-hydrogen) atoms. The number of nitrogens with one attached hydrogen (secondary N) is 1. The van der Waals surface area contributed by atoms with Gasteiger partial charge in [0.05, 0.1) is 11.4 Å². The molecule has 0 atom stereocenters. The first-order chi connectivity index (χ1) is 12.0. The summed E-state index contributed by atoms with van der Waals surface area (Å²) in [6.45, 7) is -0.210. The van der Waals surface area contributed by atoms with Crippen molar-refractivity contribution in [2.45, 2.75) is 12.8 Å². The van der Waals surface area contributed by atoms with Crippen LogP contribution in [0.15, 0.2) is 48.5 Å². The molecular formula is C18H15ClN2O4. The van der Waals surface area contributed by atoms with Crippen molar-refractivity contribution in [1.82, 2.24) is 0 Å². The summed E-state index contributed by atoms with van der Waals surface area (Å²) in [6.07, 6.45) is 0.363. The highest BCUT2D eigenvalue weighted by Crippen LogP contribution is 2.30. The number of imide groups is 1. The first-order valence-corrected chi connectivity index (χ1v) is 8.05. The Hall–Kier alpha value is -2.86. The first-order valence-electron chi connectivity index (χ1n) is 7.67. The van der Waals surface area contributed by atoms with Crippen molar-refractivity contribution in [2.24, 2.45) is 0 Å². The highest BCUT2D eigenvalue weighted by molar-refractivity contribution is 6.30. The molecule has 1 aliphatic heterocycles. The minimum Gasteiger partial charge on any atom is -0.484 e. The van der Waals surface area contributed by atoms with Crippen LogP contribution in [0, 0.1) is 0 Å². The Labute approximate surface area is 149 Å². The summed E-state index contributed by atoms with van der Waals surface area (Å²) in [7, 11) is 0. The van der Waals surface area contributed by atoms with E-state index in [0.29, 0.717) is 22.1 Å². The van der Waals surface area contributed by atoms with Crippen LogP contribution < -0.4 is 15.0 Å². The molecule has 128 valence electrons. The van der Waals surface area contributed by atoms with Crippen LogP contribution in [0.2, 0.25) is 5.02 Å². The van der Waals surface area contributed by atoms with Crippen LogP contribution in [-0.2, 0) is 14.4 Å². The van der Waals surface area contributed by atoms with Crippen LogP contribution in [0.3, 0.4) is 0 Å². The SMILES string of the molecule is O=C(COc1ccc(Cl)cc1)Nc1ccccc1N1C(=O)CCC1=O. The lowest BCUT2D eigenvalue weighted by molar-refractivity contribution is -0.121. The lowest BCUT2D eigenvalue weighted by atomic mass is 10.2. The summed E-state index contributed by atoms with van der Waals surface area (Å²) in [5, 5.41) is 3.25. The molecule has 2 aromatic carbocycles.